The Labute approximate surface area is 117 Å². The van der Waals surface area contributed by atoms with Crippen molar-refractivity contribution in [2.24, 2.45) is 5.73 Å². The molecular weight excluding hydrogens is 252 g/mol. The zero-order valence-corrected chi connectivity index (χ0v) is 11.2. The van der Waals surface area contributed by atoms with Crippen LogP contribution < -0.4 is 11.1 Å². The highest BCUT2D eigenvalue weighted by Gasteiger charge is 2.20. The van der Waals surface area contributed by atoms with E-state index in [4.69, 9.17) is 5.73 Å². The number of rotatable bonds is 2. The Kier molecular flexibility index (Phi) is 3.41. The van der Waals surface area contributed by atoms with Crippen molar-refractivity contribution < 1.29 is 4.79 Å². The number of benzene rings is 1. The molecule has 0 atom stereocenters. The molecule has 0 unspecified atom stereocenters. The third-order valence-electron chi connectivity index (χ3n) is 3.77. The first kappa shape index (κ1) is 12.7. The van der Waals surface area contributed by atoms with Crippen LogP contribution in [0.3, 0.4) is 0 Å². The fourth-order valence-electron chi connectivity index (χ4n) is 2.63. The van der Waals surface area contributed by atoms with Gasteiger partial charge in [0.2, 0.25) is 0 Å². The van der Waals surface area contributed by atoms with Gasteiger partial charge in [0.15, 0.2) is 0 Å². The Balaban J connectivity index is 1.66. The Morgan fingerprint density at radius 2 is 2.05 bits per heavy atom. The number of nitrogens with zero attached hydrogens (tertiary/aromatic N) is 2. The molecule has 20 heavy (non-hydrogen) atoms. The molecule has 3 rings (SSSR count). The van der Waals surface area contributed by atoms with E-state index in [9.17, 15) is 4.79 Å². The Bertz CT molecular complexity index is 620. The number of pyridine rings is 1. The number of carbonyl (C=O) groups is 1. The number of fused-ring (bicyclic) bond motifs is 1. The summed E-state index contributed by atoms with van der Waals surface area (Å²) in [7, 11) is 0. The molecular formula is C15H18N4O. The van der Waals surface area contributed by atoms with E-state index in [0.29, 0.717) is 19.1 Å². The first-order valence-corrected chi connectivity index (χ1v) is 6.88. The van der Waals surface area contributed by atoms with Crippen LogP contribution in [0.2, 0.25) is 0 Å². The molecule has 0 spiro atoms. The molecule has 0 saturated carbocycles. The van der Waals surface area contributed by atoms with Gasteiger partial charge in [-0.15, -0.1) is 0 Å². The molecule has 1 aromatic heterocycles. The molecule has 0 aliphatic carbocycles. The number of para-hydroxylation sites is 1. The van der Waals surface area contributed by atoms with Gasteiger partial charge in [0.25, 0.3) is 0 Å². The topological polar surface area (TPSA) is 71.2 Å². The maximum atomic E-state index is 11.1. The molecule has 104 valence electrons. The highest BCUT2D eigenvalue weighted by molar-refractivity contribution is 5.81. The Hall–Kier alpha value is -2.30. The van der Waals surface area contributed by atoms with Crippen LogP contribution in [0.5, 0.6) is 0 Å². The van der Waals surface area contributed by atoms with Crippen LogP contribution in [0.4, 0.5) is 10.5 Å². The van der Waals surface area contributed by atoms with E-state index in [1.165, 1.54) is 0 Å². The summed E-state index contributed by atoms with van der Waals surface area (Å²) in [5.74, 6) is 0. The SMILES string of the molecule is NC(=O)N1CCC(Nc2cnc3ccccc3c2)CC1. The van der Waals surface area contributed by atoms with Gasteiger partial charge < -0.3 is 16.0 Å². The van der Waals surface area contributed by atoms with Gasteiger partial charge in [0, 0.05) is 24.5 Å². The quantitative estimate of drug-likeness (QED) is 0.878. The predicted molar refractivity (Wildman–Crippen MR) is 79.5 cm³/mol. The number of piperidine rings is 1. The van der Waals surface area contributed by atoms with Crippen LogP contribution in [0.1, 0.15) is 12.8 Å². The Morgan fingerprint density at radius 3 is 2.80 bits per heavy atom. The number of amides is 2. The number of hydrogen-bond acceptors (Lipinski definition) is 3. The van der Waals surface area contributed by atoms with E-state index in [-0.39, 0.29) is 6.03 Å². The summed E-state index contributed by atoms with van der Waals surface area (Å²) in [6, 6.07) is 10.2. The first-order valence-electron chi connectivity index (χ1n) is 6.88. The lowest BCUT2D eigenvalue weighted by atomic mass is 10.0. The average molecular weight is 270 g/mol. The number of nitrogens with two attached hydrogens (primary N) is 1. The third kappa shape index (κ3) is 2.66. The number of likely N-dealkylation sites (tertiary alicyclic amines) is 1. The first-order chi connectivity index (χ1) is 9.72. The lowest BCUT2D eigenvalue weighted by Gasteiger charge is -2.31. The predicted octanol–water partition coefficient (Wildman–Crippen LogP) is 2.19. The van der Waals surface area contributed by atoms with Crippen LogP contribution in [-0.4, -0.2) is 35.0 Å². The highest BCUT2D eigenvalue weighted by Crippen LogP contribution is 2.19. The molecule has 1 saturated heterocycles. The van der Waals surface area contributed by atoms with Gasteiger partial charge >= 0.3 is 6.03 Å². The van der Waals surface area contributed by atoms with Gasteiger partial charge in [-0.3, -0.25) is 4.98 Å². The minimum Gasteiger partial charge on any atom is -0.381 e. The maximum absolute atomic E-state index is 11.1. The molecule has 2 amide bonds. The fraction of sp³-hybridized carbons (Fsp3) is 0.333. The number of carbonyl (C=O) groups excluding carboxylic acids is 1. The molecule has 3 N–H and O–H groups in total. The van der Waals surface area contributed by atoms with Crippen LogP contribution >= 0.6 is 0 Å². The minimum atomic E-state index is -0.323. The van der Waals surface area contributed by atoms with E-state index < -0.39 is 0 Å². The van der Waals surface area contributed by atoms with Crippen molar-refractivity contribution in [3.8, 4) is 0 Å². The lowest BCUT2D eigenvalue weighted by Crippen LogP contribution is -2.44. The lowest BCUT2D eigenvalue weighted by molar-refractivity contribution is 0.193. The molecule has 0 bridgehead atoms. The van der Waals surface area contributed by atoms with Gasteiger partial charge in [-0.05, 0) is 25.0 Å². The number of primary amides is 1. The van der Waals surface area contributed by atoms with E-state index >= 15 is 0 Å². The average Bonchev–Trinajstić information content (AvgIpc) is 2.48. The number of nitrogens with one attached hydrogen (secondary N) is 1. The smallest absolute Gasteiger partial charge is 0.314 e. The standard InChI is InChI=1S/C15H18N4O/c16-15(20)19-7-5-12(6-8-19)18-13-9-11-3-1-2-4-14(11)17-10-13/h1-4,9-10,12,18H,5-8H2,(H2,16,20). The van der Waals surface area contributed by atoms with E-state index in [2.05, 4.69) is 22.4 Å². The van der Waals surface area contributed by atoms with Crippen molar-refractivity contribution in [2.45, 2.75) is 18.9 Å². The van der Waals surface area contributed by atoms with Crippen LogP contribution in [0.25, 0.3) is 10.9 Å². The molecule has 1 aliphatic rings. The maximum Gasteiger partial charge on any atom is 0.314 e. The third-order valence-corrected chi connectivity index (χ3v) is 3.77. The summed E-state index contributed by atoms with van der Waals surface area (Å²) in [5.41, 5.74) is 7.31. The number of hydrogen-bond donors (Lipinski definition) is 2. The zero-order chi connectivity index (χ0) is 13.9. The molecule has 2 aromatic rings. The Morgan fingerprint density at radius 1 is 1.30 bits per heavy atom. The minimum absolute atomic E-state index is 0.323. The number of aromatic nitrogens is 1. The molecule has 1 fully saturated rings. The van der Waals surface area contributed by atoms with Gasteiger partial charge in [-0.25, -0.2) is 4.79 Å². The normalized spacial score (nSPS) is 16.3. The van der Waals surface area contributed by atoms with Crippen molar-refractivity contribution in [2.75, 3.05) is 18.4 Å². The summed E-state index contributed by atoms with van der Waals surface area (Å²) in [6.45, 7) is 1.43. The van der Waals surface area contributed by atoms with Gasteiger partial charge in [-0.1, -0.05) is 18.2 Å². The molecule has 5 heteroatoms. The van der Waals surface area contributed by atoms with Crippen LogP contribution in [-0.2, 0) is 0 Å². The summed E-state index contributed by atoms with van der Waals surface area (Å²) < 4.78 is 0. The molecule has 2 heterocycles. The van der Waals surface area contributed by atoms with Crippen LogP contribution in [0.15, 0.2) is 36.5 Å². The monoisotopic (exact) mass is 270 g/mol. The fourth-order valence-corrected chi connectivity index (χ4v) is 2.63. The van der Waals surface area contributed by atoms with Gasteiger partial charge in [0.1, 0.15) is 0 Å². The summed E-state index contributed by atoms with van der Waals surface area (Å²) >= 11 is 0. The second-order valence-corrected chi connectivity index (χ2v) is 5.16. The van der Waals surface area contributed by atoms with Crippen LogP contribution in [0, 0.1) is 0 Å². The van der Waals surface area contributed by atoms with Crippen molar-refractivity contribution in [3.05, 3.63) is 36.5 Å². The zero-order valence-electron chi connectivity index (χ0n) is 11.2. The van der Waals surface area contributed by atoms with Crippen molar-refractivity contribution in [3.63, 3.8) is 0 Å². The highest BCUT2D eigenvalue weighted by atomic mass is 16.2. The van der Waals surface area contributed by atoms with Crippen molar-refractivity contribution >= 4 is 22.6 Å². The summed E-state index contributed by atoms with van der Waals surface area (Å²) in [4.78, 5) is 17.2. The second kappa shape index (κ2) is 5.36. The summed E-state index contributed by atoms with van der Waals surface area (Å²) in [6.07, 6.45) is 3.69. The van der Waals surface area contributed by atoms with E-state index in [0.717, 1.165) is 29.4 Å². The largest absolute Gasteiger partial charge is 0.381 e. The second-order valence-electron chi connectivity index (χ2n) is 5.16. The van der Waals surface area contributed by atoms with Gasteiger partial charge in [-0.2, -0.15) is 0 Å². The number of urea groups is 1. The number of anilines is 1. The van der Waals surface area contributed by atoms with Crippen molar-refractivity contribution in [1.82, 2.24) is 9.88 Å². The molecule has 1 aromatic carbocycles. The molecule has 0 radical (unpaired) electrons. The molecule has 5 nitrogen and oxygen atoms in total. The van der Waals surface area contributed by atoms with E-state index in [1.54, 1.807) is 4.90 Å². The van der Waals surface area contributed by atoms with E-state index in [1.807, 2.05) is 24.4 Å². The summed E-state index contributed by atoms with van der Waals surface area (Å²) in [5, 5.41) is 4.62. The molecule has 1 aliphatic heterocycles. The van der Waals surface area contributed by atoms with Crippen molar-refractivity contribution in [1.29, 1.82) is 0 Å². The van der Waals surface area contributed by atoms with Gasteiger partial charge in [0.05, 0.1) is 17.4 Å².